The number of nitrogens with one attached hydrogen (secondary N) is 1. The summed E-state index contributed by atoms with van der Waals surface area (Å²) in [5.74, 6) is -1.39. The summed E-state index contributed by atoms with van der Waals surface area (Å²) in [5.41, 5.74) is 2.98. The van der Waals surface area contributed by atoms with Gasteiger partial charge in [0.15, 0.2) is 0 Å². The number of amides is 4. The number of allylic oxidation sites excluding steroid dienone is 2. The number of fused-ring (bicyclic) bond motifs is 1. The smallest absolute Gasteiger partial charge is 0.243 e. The van der Waals surface area contributed by atoms with Crippen molar-refractivity contribution in [3.63, 3.8) is 0 Å². The summed E-state index contributed by atoms with van der Waals surface area (Å²) < 4.78 is 0. The van der Waals surface area contributed by atoms with Gasteiger partial charge in [-0.05, 0) is 49.3 Å². The van der Waals surface area contributed by atoms with E-state index in [4.69, 9.17) is 0 Å². The first kappa shape index (κ1) is 28.8. The Morgan fingerprint density at radius 3 is 2.20 bits per heavy atom. The molecule has 1 heterocycles. The highest BCUT2D eigenvalue weighted by Gasteiger charge is 2.47. The van der Waals surface area contributed by atoms with Gasteiger partial charge < -0.3 is 10.2 Å². The van der Waals surface area contributed by atoms with E-state index in [1.807, 2.05) is 73.7 Å². The molecule has 7 heteroatoms. The molecule has 2 aromatic rings. The van der Waals surface area contributed by atoms with Gasteiger partial charge in [0, 0.05) is 32.0 Å². The third kappa shape index (κ3) is 6.77. The van der Waals surface area contributed by atoms with E-state index in [0.29, 0.717) is 19.3 Å². The van der Waals surface area contributed by atoms with E-state index in [1.54, 1.807) is 4.90 Å². The Hall–Kier alpha value is -3.74. The SMILES string of the molecule is Cc1ccccc1CN(C(=O)CCN1C(=O)[C@H]2CC=CC[C@H]2C1=O)[C@H](Cc1ccccc1)C(=O)NC1CCCCC1. The molecule has 2 fully saturated rings. The largest absolute Gasteiger partial charge is 0.352 e. The van der Waals surface area contributed by atoms with Crippen molar-refractivity contribution < 1.29 is 19.2 Å². The number of hydrogen-bond acceptors (Lipinski definition) is 4. The lowest BCUT2D eigenvalue weighted by molar-refractivity contribution is -0.144. The van der Waals surface area contributed by atoms with Gasteiger partial charge in [-0.2, -0.15) is 0 Å². The van der Waals surface area contributed by atoms with Crippen LogP contribution in [-0.2, 0) is 32.1 Å². The van der Waals surface area contributed by atoms with E-state index >= 15 is 0 Å². The topological polar surface area (TPSA) is 86.8 Å². The lowest BCUT2D eigenvalue weighted by Gasteiger charge is -2.34. The van der Waals surface area contributed by atoms with Gasteiger partial charge in [-0.15, -0.1) is 0 Å². The molecule has 7 nitrogen and oxygen atoms in total. The maximum atomic E-state index is 14.1. The van der Waals surface area contributed by atoms with Crippen LogP contribution in [0.4, 0.5) is 0 Å². The van der Waals surface area contributed by atoms with Crippen molar-refractivity contribution in [2.24, 2.45) is 11.8 Å². The van der Waals surface area contributed by atoms with Crippen molar-refractivity contribution in [1.82, 2.24) is 15.1 Å². The van der Waals surface area contributed by atoms with Gasteiger partial charge in [0.25, 0.3) is 0 Å². The second-order valence-corrected chi connectivity index (χ2v) is 11.7. The minimum atomic E-state index is -0.719. The van der Waals surface area contributed by atoms with Gasteiger partial charge >= 0.3 is 0 Å². The standard InChI is InChI=1S/C34H41N3O4/c1-24-12-8-9-15-26(24)23-37(31(38)20-21-36-33(40)28-18-10-11-19-29(28)34(36)41)30(22-25-13-4-2-5-14-25)32(39)35-27-16-6-3-7-17-27/h2,4-5,8-15,27-30H,3,6-7,16-23H2,1H3,(H,35,39)/t28-,29+,30-/m1/s1. The molecule has 2 aromatic carbocycles. The fourth-order valence-electron chi connectivity index (χ4n) is 6.51. The number of nitrogens with zero attached hydrogens (tertiary/aromatic N) is 2. The summed E-state index contributed by atoms with van der Waals surface area (Å²) in [6.45, 7) is 2.32. The van der Waals surface area contributed by atoms with Gasteiger partial charge in [-0.1, -0.05) is 86.0 Å². The summed E-state index contributed by atoms with van der Waals surface area (Å²) in [6, 6.07) is 17.1. The van der Waals surface area contributed by atoms with Gasteiger partial charge in [-0.3, -0.25) is 24.1 Å². The minimum Gasteiger partial charge on any atom is -0.352 e. The Morgan fingerprint density at radius 2 is 1.54 bits per heavy atom. The molecule has 2 aliphatic carbocycles. The van der Waals surface area contributed by atoms with Gasteiger partial charge in [-0.25, -0.2) is 0 Å². The predicted octanol–water partition coefficient (Wildman–Crippen LogP) is 4.73. The number of likely N-dealkylation sites (tertiary alicyclic amines) is 1. The number of hydrogen-bond donors (Lipinski definition) is 1. The predicted molar refractivity (Wildman–Crippen MR) is 157 cm³/mol. The van der Waals surface area contributed by atoms with Gasteiger partial charge in [0.2, 0.25) is 23.6 Å². The van der Waals surface area contributed by atoms with Crippen molar-refractivity contribution in [1.29, 1.82) is 0 Å². The molecule has 4 amide bonds. The van der Waals surface area contributed by atoms with Crippen LogP contribution in [0.3, 0.4) is 0 Å². The fourth-order valence-corrected chi connectivity index (χ4v) is 6.51. The minimum absolute atomic E-state index is 0.0156. The Balaban J connectivity index is 1.39. The zero-order chi connectivity index (χ0) is 28.8. The molecule has 1 N–H and O–H groups in total. The fraction of sp³-hybridized carbons (Fsp3) is 0.471. The number of benzene rings is 2. The average molecular weight is 556 g/mol. The van der Waals surface area contributed by atoms with Gasteiger partial charge in [0.05, 0.1) is 11.8 Å². The van der Waals surface area contributed by atoms with E-state index in [0.717, 1.165) is 42.4 Å². The number of aryl methyl sites for hydroxylation is 1. The van der Waals surface area contributed by atoms with Crippen LogP contribution in [0.5, 0.6) is 0 Å². The van der Waals surface area contributed by atoms with Crippen molar-refractivity contribution in [2.45, 2.75) is 83.3 Å². The lowest BCUT2D eigenvalue weighted by Crippen LogP contribution is -2.53. The molecule has 3 aliphatic rings. The molecular weight excluding hydrogens is 514 g/mol. The Morgan fingerprint density at radius 1 is 0.902 bits per heavy atom. The number of carbonyl (C=O) groups excluding carboxylic acids is 4. The van der Waals surface area contributed by atoms with Crippen molar-refractivity contribution in [3.8, 4) is 0 Å². The first-order chi connectivity index (χ1) is 19.9. The summed E-state index contributed by atoms with van der Waals surface area (Å²) in [5, 5.41) is 3.26. The normalized spacial score (nSPS) is 21.4. The highest BCUT2D eigenvalue weighted by atomic mass is 16.2. The number of imide groups is 1. The molecule has 216 valence electrons. The molecule has 1 aliphatic heterocycles. The van der Waals surface area contributed by atoms with E-state index in [9.17, 15) is 19.2 Å². The second-order valence-electron chi connectivity index (χ2n) is 11.7. The zero-order valence-corrected chi connectivity index (χ0v) is 24.0. The monoisotopic (exact) mass is 555 g/mol. The van der Waals surface area contributed by atoms with E-state index in [-0.39, 0.29) is 61.0 Å². The summed E-state index contributed by atoms with van der Waals surface area (Å²) in [7, 11) is 0. The van der Waals surface area contributed by atoms with Crippen LogP contribution in [0.1, 0.15) is 68.1 Å². The Bertz CT molecular complexity index is 1260. The number of carbonyl (C=O) groups is 4. The first-order valence-corrected chi connectivity index (χ1v) is 15.1. The van der Waals surface area contributed by atoms with Crippen molar-refractivity contribution >= 4 is 23.6 Å². The van der Waals surface area contributed by atoms with Gasteiger partial charge in [0.1, 0.15) is 6.04 Å². The van der Waals surface area contributed by atoms with Crippen molar-refractivity contribution in [2.75, 3.05) is 6.54 Å². The van der Waals surface area contributed by atoms with E-state index in [2.05, 4.69) is 5.32 Å². The molecule has 0 aromatic heterocycles. The van der Waals surface area contributed by atoms with E-state index in [1.165, 1.54) is 11.3 Å². The second kappa shape index (κ2) is 13.3. The lowest BCUT2D eigenvalue weighted by atomic mass is 9.85. The zero-order valence-electron chi connectivity index (χ0n) is 24.0. The van der Waals surface area contributed by atoms with Crippen LogP contribution in [-0.4, -0.2) is 52.1 Å². The van der Waals surface area contributed by atoms with E-state index < -0.39 is 6.04 Å². The Labute approximate surface area is 243 Å². The summed E-state index contributed by atoms with van der Waals surface area (Å²) in [4.78, 5) is 57.1. The first-order valence-electron chi connectivity index (χ1n) is 15.1. The average Bonchev–Trinajstić information content (AvgIpc) is 3.24. The molecule has 1 saturated heterocycles. The molecule has 0 radical (unpaired) electrons. The molecule has 5 rings (SSSR count). The summed E-state index contributed by atoms with van der Waals surface area (Å²) >= 11 is 0. The highest BCUT2D eigenvalue weighted by Crippen LogP contribution is 2.35. The molecule has 1 saturated carbocycles. The molecular formula is C34H41N3O4. The third-order valence-electron chi connectivity index (χ3n) is 8.97. The van der Waals surface area contributed by atoms with Crippen LogP contribution >= 0.6 is 0 Å². The number of rotatable bonds is 10. The Kier molecular flexibility index (Phi) is 9.32. The van der Waals surface area contributed by atoms with Crippen LogP contribution in [0, 0.1) is 18.8 Å². The quantitative estimate of drug-likeness (QED) is 0.339. The molecule has 3 atom stereocenters. The molecule has 0 spiro atoms. The highest BCUT2D eigenvalue weighted by molar-refractivity contribution is 6.05. The van der Waals surface area contributed by atoms with Crippen LogP contribution in [0.25, 0.3) is 0 Å². The maximum absolute atomic E-state index is 14.1. The van der Waals surface area contributed by atoms with Crippen LogP contribution in [0.2, 0.25) is 0 Å². The molecule has 0 unspecified atom stereocenters. The van der Waals surface area contributed by atoms with Crippen LogP contribution in [0.15, 0.2) is 66.7 Å². The summed E-state index contributed by atoms with van der Waals surface area (Å²) in [6.07, 6.45) is 10.7. The third-order valence-corrected chi connectivity index (χ3v) is 8.97. The molecule has 0 bridgehead atoms. The maximum Gasteiger partial charge on any atom is 0.243 e. The van der Waals surface area contributed by atoms with Crippen molar-refractivity contribution in [3.05, 3.63) is 83.4 Å². The van der Waals surface area contributed by atoms with Crippen LogP contribution < -0.4 is 5.32 Å². The molecule has 41 heavy (non-hydrogen) atoms.